The van der Waals surface area contributed by atoms with Gasteiger partial charge in [-0.15, -0.1) is 11.6 Å². The van der Waals surface area contributed by atoms with Crippen molar-refractivity contribution >= 4 is 11.6 Å². The summed E-state index contributed by atoms with van der Waals surface area (Å²) in [6.45, 7) is 6.36. The van der Waals surface area contributed by atoms with Crippen LogP contribution in [0.3, 0.4) is 0 Å². The van der Waals surface area contributed by atoms with Gasteiger partial charge < -0.3 is 0 Å². The van der Waals surface area contributed by atoms with Crippen LogP contribution >= 0.6 is 11.6 Å². The Balaban J connectivity index is 2.07. The summed E-state index contributed by atoms with van der Waals surface area (Å²) < 4.78 is 1.98. The van der Waals surface area contributed by atoms with Crippen molar-refractivity contribution in [2.75, 3.05) is 5.88 Å². The zero-order valence-corrected chi connectivity index (χ0v) is 13.1. The van der Waals surface area contributed by atoms with Crippen LogP contribution in [-0.2, 0) is 12.8 Å². The van der Waals surface area contributed by atoms with Gasteiger partial charge in [0.25, 0.3) is 0 Å². The summed E-state index contributed by atoms with van der Waals surface area (Å²) in [6.07, 6.45) is 3.49. The smallest absolute Gasteiger partial charge is 0.138 e. The van der Waals surface area contributed by atoms with Gasteiger partial charge in [-0.05, 0) is 38.7 Å². The second-order valence-corrected chi connectivity index (χ2v) is 5.94. The average Bonchev–Trinajstić information content (AvgIpc) is 2.86. The van der Waals surface area contributed by atoms with E-state index in [1.54, 1.807) is 6.33 Å². The van der Waals surface area contributed by atoms with Crippen molar-refractivity contribution in [1.29, 1.82) is 0 Å². The van der Waals surface area contributed by atoms with E-state index in [9.17, 15) is 0 Å². The lowest BCUT2D eigenvalue weighted by Crippen LogP contribution is -2.16. The van der Waals surface area contributed by atoms with Gasteiger partial charge in [0.15, 0.2) is 0 Å². The van der Waals surface area contributed by atoms with Crippen LogP contribution in [0.4, 0.5) is 0 Å². The monoisotopic (exact) mass is 291 g/mol. The summed E-state index contributed by atoms with van der Waals surface area (Å²) in [4.78, 5) is 4.38. The second kappa shape index (κ2) is 6.89. The van der Waals surface area contributed by atoms with Gasteiger partial charge >= 0.3 is 0 Å². The number of rotatable bonds is 6. The summed E-state index contributed by atoms with van der Waals surface area (Å²) >= 11 is 6.15. The number of benzene rings is 1. The summed E-state index contributed by atoms with van der Waals surface area (Å²) in [5.74, 6) is 2.05. The van der Waals surface area contributed by atoms with E-state index in [0.717, 1.165) is 18.7 Å². The third-order valence-electron chi connectivity index (χ3n) is 3.43. The van der Waals surface area contributed by atoms with Crippen LogP contribution in [-0.4, -0.2) is 20.6 Å². The third kappa shape index (κ3) is 3.83. The number of aryl methyl sites for hydroxylation is 1. The zero-order chi connectivity index (χ0) is 14.5. The largest absolute Gasteiger partial charge is 0.248 e. The highest BCUT2D eigenvalue weighted by Gasteiger charge is 2.15. The van der Waals surface area contributed by atoms with Crippen molar-refractivity contribution in [1.82, 2.24) is 14.8 Å². The summed E-state index contributed by atoms with van der Waals surface area (Å²) in [5, 5.41) is 4.29. The van der Waals surface area contributed by atoms with Crippen LogP contribution in [0.5, 0.6) is 0 Å². The molecule has 0 radical (unpaired) electrons. The van der Waals surface area contributed by atoms with Gasteiger partial charge in [-0.1, -0.05) is 29.8 Å². The predicted octanol–water partition coefficient (Wildman–Crippen LogP) is 3.81. The van der Waals surface area contributed by atoms with Crippen LogP contribution in [0.2, 0.25) is 0 Å². The standard InChI is InChI=1S/C16H22ClN3/c1-12(2)20-16(18-11-19-20)9-15(10-17)8-14-6-4-5-13(3)7-14/h4-7,11-12,15H,8-10H2,1-3H3. The molecule has 0 saturated heterocycles. The Labute approximate surface area is 126 Å². The number of alkyl halides is 1. The topological polar surface area (TPSA) is 30.7 Å². The molecule has 4 heteroatoms. The molecule has 0 fully saturated rings. The molecule has 1 heterocycles. The molecule has 0 saturated carbocycles. The van der Waals surface area contributed by atoms with E-state index in [2.05, 4.69) is 55.1 Å². The van der Waals surface area contributed by atoms with E-state index in [1.165, 1.54) is 11.1 Å². The summed E-state index contributed by atoms with van der Waals surface area (Å²) in [7, 11) is 0. The Morgan fingerprint density at radius 3 is 2.70 bits per heavy atom. The Morgan fingerprint density at radius 1 is 1.25 bits per heavy atom. The van der Waals surface area contributed by atoms with Gasteiger partial charge in [0.1, 0.15) is 12.2 Å². The van der Waals surface area contributed by atoms with Crippen molar-refractivity contribution in [3.63, 3.8) is 0 Å². The quantitative estimate of drug-likeness (QED) is 0.758. The van der Waals surface area contributed by atoms with Gasteiger partial charge in [0.2, 0.25) is 0 Å². The fourth-order valence-electron chi connectivity index (χ4n) is 2.46. The maximum Gasteiger partial charge on any atom is 0.138 e. The first-order valence-corrected chi connectivity index (χ1v) is 7.63. The first-order valence-electron chi connectivity index (χ1n) is 7.10. The molecule has 1 aromatic heterocycles. The lowest BCUT2D eigenvalue weighted by Gasteiger charge is -2.16. The molecule has 3 nitrogen and oxygen atoms in total. The first kappa shape index (κ1) is 15.0. The fraction of sp³-hybridized carbons (Fsp3) is 0.500. The second-order valence-electron chi connectivity index (χ2n) is 5.63. The van der Waals surface area contributed by atoms with E-state index in [-0.39, 0.29) is 0 Å². The van der Waals surface area contributed by atoms with Gasteiger partial charge in [-0.25, -0.2) is 9.67 Å². The molecule has 1 unspecified atom stereocenters. The minimum absolute atomic E-state index is 0.336. The molecule has 0 bridgehead atoms. The van der Waals surface area contributed by atoms with Crippen LogP contribution in [0.25, 0.3) is 0 Å². The van der Waals surface area contributed by atoms with Crippen molar-refractivity contribution < 1.29 is 0 Å². The molecule has 20 heavy (non-hydrogen) atoms. The van der Waals surface area contributed by atoms with Crippen LogP contribution in [0.15, 0.2) is 30.6 Å². The summed E-state index contributed by atoms with van der Waals surface area (Å²) in [6, 6.07) is 8.95. The van der Waals surface area contributed by atoms with Crippen molar-refractivity contribution in [2.24, 2.45) is 5.92 Å². The number of hydrogen-bond donors (Lipinski definition) is 0. The number of nitrogens with zero attached hydrogens (tertiary/aromatic N) is 3. The van der Waals surface area contributed by atoms with E-state index in [0.29, 0.717) is 17.8 Å². The molecule has 108 valence electrons. The molecule has 0 spiro atoms. The molecule has 0 aliphatic heterocycles. The Hall–Kier alpha value is -1.35. The van der Waals surface area contributed by atoms with Crippen molar-refractivity contribution in [2.45, 2.75) is 39.7 Å². The molecule has 2 rings (SSSR count). The van der Waals surface area contributed by atoms with E-state index >= 15 is 0 Å². The van der Waals surface area contributed by atoms with Gasteiger partial charge in [-0.3, -0.25) is 0 Å². The molecule has 0 amide bonds. The van der Waals surface area contributed by atoms with E-state index in [4.69, 9.17) is 11.6 Å². The average molecular weight is 292 g/mol. The Bertz CT molecular complexity index is 548. The molecule has 0 aliphatic carbocycles. The molecular weight excluding hydrogens is 270 g/mol. The molecule has 2 aromatic rings. The molecule has 1 atom stereocenters. The molecule has 1 aromatic carbocycles. The third-order valence-corrected chi connectivity index (χ3v) is 3.87. The SMILES string of the molecule is Cc1cccc(CC(CCl)Cc2ncnn2C(C)C)c1. The van der Waals surface area contributed by atoms with Crippen LogP contribution in [0, 0.1) is 12.8 Å². The predicted molar refractivity (Wildman–Crippen MR) is 83.2 cm³/mol. The molecular formula is C16H22ClN3. The Kier molecular flexibility index (Phi) is 5.18. The minimum atomic E-state index is 0.336. The highest BCUT2D eigenvalue weighted by Crippen LogP contribution is 2.17. The van der Waals surface area contributed by atoms with Gasteiger partial charge in [-0.2, -0.15) is 5.10 Å². The Morgan fingerprint density at radius 2 is 2.05 bits per heavy atom. The zero-order valence-electron chi connectivity index (χ0n) is 12.4. The van der Waals surface area contributed by atoms with E-state index < -0.39 is 0 Å². The fourth-order valence-corrected chi connectivity index (χ4v) is 2.68. The van der Waals surface area contributed by atoms with Crippen LogP contribution < -0.4 is 0 Å². The number of aromatic nitrogens is 3. The maximum absolute atomic E-state index is 6.15. The molecule has 0 aliphatic rings. The highest BCUT2D eigenvalue weighted by molar-refractivity contribution is 6.18. The molecule has 0 N–H and O–H groups in total. The highest BCUT2D eigenvalue weighted by atomic mass is 35.5. The van der Waals surface area contributed by atoms with Gasteiger partial charge in [0.05, 0.1) is 0 Å². The first-order chi connectivity index (χ1) is 9.60. The van der Waals surface area contributed by atoms with Crippen molar-refractivity contribution in [3.05, 3.63) is 47.5 Å². The lowest BCUT2D eigenvalue weighted by atomic mass is 9.96. The van der Waals surface area contributed by atoms with E-state index in [1.807, 2.05) is 4.68 Å². The number of hydrogen-bond acceptors (Lipinski definition) is 2. The maximum atomic E-state index is 6.15. The number of halogens is 1. The lowest BCUT2D eigenvalue weighted by molar-refractivity contribution is 0.472. The normalized spacial score (nSPS) is 12.8. The van der Waals surface area contributed by atoms with Gasteiger partial charge in [0, 0.05) is 18.3 Å². The minimum Gasteiger partial charge on any atom is -0.248 e. The van der Waals surface area contributed by atoms with Crippen LogP contribution in [0.1, 0.15) is 36.8 Å². The van der Waals surface area contributed by atoms with Crippen molar-refractivity contribution in [3.8, 4) is 0 Å². The summed E-state index contributed by atoms with van der Waals surface area (Å²) in [5.41, 5.74) is 2.63.